The number of Topliss-reactive ketones (excluding diaryl/α,β-unsaturated/α-hetero) is 1. The van der Waals surface area contributed by atoms with Crippen molar-refractivity contribution in [2.24, 2.45) is 5.73 Å². The maximum absolute atomic E-state index is 11.2. The second kappa shape index (κ2) is 2.72. The topological polar surface area (TPSA) is 43.1 Å². The molecule has 2 nitrogen and oxygen atoms in total. The quantitative estimate of drug-likeness (QED) is 0.621. The fraction of sp³-hybridized carbons (Fsp3) is 0.300. The lowest BCUT2D eigenvalue weighted by Gasteiger charge is -2.20. The smallest absolute Gasteiger partial charge is 0.154 e. The van der Waals surface area contributed by atoms with Gasteiger partial charge in [-0.2, -0.15) is 0 Å². The van der Waals surface area contributed by atoms with E-state index in [1.165, 1.54) is 5.56 Å². The average Bonchev–Trinajstić information content (AvgIpc) is 2.12. The number of fused-ring (bicyclic) bond motifs is 1. The first-order valence-corrected chi connectivity index (χ1v) is 4.15. The van der Waals surface area contributed by atoms with Crippen LogP contribution in [-0.4, -0.2) is 5.78 Å². The predicted octanol–water partition coefficient (Wildman–Crippen LogP) is 1.20. The van der Waals surface area contributed by atoms with E-state index in [-0.39, 0.29) is 11.8 Å². The molecule has 0 bridgehead atoms. The summed E-state index contributed by atoms with van der Waals surface area (Å²) in [5, 5.41) is 0. The number of rotatable bonds is 0. The van der Waals surface area contributed by atoms with Gasteiger partial charge in [-0.25, -0.2) is 0 Å². The lowest BCUT2D eigenvalue weighted by molar-refractivity contribution is -0.120. The van der Waals surface area contributed by atoms with Gasteiger partial charge in [0, 0.05) is 6.42 Å². The zero-order valence-corrected chi connectivity index (χ0v) is 6.79. The largest absolute Gasteiger partial charge is 0.318 e. The summed E-state index contributed by atoms with van der Waals surface area (Å²) in [5.74, 6) is 0.161. The standard InChI is InChI=1S/C10H11NO/c11-10-8-4-2-1-3-7(8)5-6-9(10)12/h1-4,10H,5-6,11H2. The molecule has 1 aliphatic carbocycles. The Morgan fingerprint density at radius 2 is 2.00 bits per heavy atom. The number of benzene rings is 1. The number of carbonyl (C=O) groups is 1. The normalized spacial score (nSPS) is 22.1. The molecule has 0 heterocycles. The van der Waals surface area contributed by atoms with Crippen LogP contribution in [0.3, 0.4) is 0 Å². The number of carbonyl (C=O) groups excluding carboxylic acids is 1. The van der Waals surface area contributed by atoms with Gasteiger partial charge in [0.05, 0.1) is 6.04 Å². The van der Waals surface area contributed by atoms with E-state index >= 15 is 0 Å². The molecule has 1 atom stereocenters. The third-order valence-electron chi connectivity index (χ3n) is 2.38. The first-order valence-electron chi connectivity index (χ1n) is 4.15. The Hall–Kier alpha value is -1.15. The Morgan fingerprint density at radius 1 is 1.25 bits per heavy atom. The SMILES string of the molecule is NC1C(=O)CCc2ccccc21. The molecule has 0 spiro atoms. The zero-order valence-electron chi connectivity index (χ0n) is 6.79. The molecule has 2 heteroatoms. The van der Waals surface area contributed by atoms with Crippen LogP contribution >= 0.6 is 0 Å². The summed E-state index contributed by atoms with van der Waals surface area (Å²) in [4.78, 5) is 11.2. The number of nitrogens with two attached hydrogens (primary N) is 1. The van der Waals surface area contributed by atoms with Gasteiger partial charge < -0.3 is 5.73 Å². The van der Waals surface area contributed by atoms with E-state index in [1.54, 1.807) is 0 Å². The Kier molecular flexibility index (Phi) is 1.70. The maximum Gasteiger partial charge on any atom is 0.154 e. The monoisotopic (exact) mass is 161 g/mol. The van der Waals surface area contributed by atoms with E-state index in [0.29, 0.717) is 6.42 Å². The number of aryl methyl sites for hydroxylation is 1. The zero-order chi connectivity index (χ0) is 8.55. The van der Waals surface area contributed by atoms with Gasteiger partial charge in [0.25, 0.3) is 0 Å². The highest BCUT2D eigenvalue weighted by molar-refractivity contribution is 5.87. The lowest BCUT2D eigenvalue weighted by atomic mass is 9.87. The molecule has 0 radical (unpaired) electrons. The second-order valence-corrected chi connectivity index (χ2v) is 3.14. The van der Waals surface area contributed by atoms with Crippen LogP contribution in [0.1, 0.15) is 23.6 Å². The molecular weight excluding hydrogens is 150 g/mol. The number of hydrogen-bond acceptors (Lipinski definition) is 2. The third kappa shape index (κ3) is 1.04. The summed E-state index contributed by atoms with van der Waals surface area (Å²) < 4.78 is 0. The molecular formula is C10H11NO. The summed E-state index contributed by atoms with van der Waals surface area (Å²) in [6.45, 7) is 0. The predicted molar refractivity (Wildman–Crippen MR) is 46.7 cm³/mol. The van der Waals surface area contributed by atoms with Crippen molar-refractivity contribution in [3.8, 4) is 0 Å². The fourth-order valence-corrected chi connectivity index (χ4v) is 1.65. The van der Waals surface area contributed by atoms with Crippen molar-refractivity contribution in [3.05, 3.63) is 35.4 Å². The summed E-state index contributed by atoms with van der Waals surface area (Å²) in [7, 11) is 0. The van der Waals surface area contributed by atoms with Crippen molar-refractivity contribution in [3.63, 3.8) is 0 Å². The third-order valence-corrected chi connectivity index (χ3v) is 2.38. The fourth-order valence-electron chi connectivity index (χ4n) is 1.65. The van der Waals surface area contributed by atoms with E-state index in [0.717, 1.165) is 12.0 Å². The van der Waals surface area contributed by atoms with E-state index in [4.69, 9.17) is 5.73 Å². The first kappa shape index (κ1) is 7.50. The van der Waals surface area contributed by atoms with Gasteiger partial charge in [-0.05, 0) is 17.5 Å². The summed E-state index contributed by atoms with van der Waals surface area (Å²) >= 11 is 0. The van der Waals surface area contributed by atoms with Crippen LogP contribution < -0.4 is 5.73 Å². The van der Waals surface area contributed by atoms with Crippen LogP contribution in [0.2, 0.25) is 0 Å². The molecule has 1 aromatic rings. The van der Waals surface area contributed by atoms with Gasteiger partial charge in [0.1, 0.15) is 0 Å². The van der Waals surface area contributed by atoms with Crippen LogP contribution in [0.5, 0.6) is 0 Å². The van der Waals surface area contributed by atoms with Crippen LogP contribution in [0.25, 0.3) is 0 Å². The van der Waals surface area contributed by atoms with Gasteiger partial charge in [-0.1, -0.05) is 24.3 Å². The minimum absolute atomic E-state index is 0.161. The molecule has 2 N–H and O–H groups in total. The minimum Gasteiger partial charge on any atom is -0.318 e. The van der Waals surface area contributed by atoms with E-state index in [9.17, 15) is 4.79 Å². The van der Waals surface area contributed by atoms with Crippen molar-refractivity contribution in [1.82, 2.24) is 0 Å². The van der Waals surface area contributed by atoms with Crippen LogP contribution in [0, 0.1) is 0 Å². The molecule has 12 heavy (non-hydrogen) atoms. The van der Waals surface area contributed by atoms with Crippen molar-refractivity contribution in [2.75, 3.05) is 0 Å². The molecule has 1 unspecified atom stereocenters. The molecule has 0 saturated carbocycles. The molecule has 0 saturated heterocycles. The summed E-state index contributed by atoms with van der Waals surface area (Å²) in [6, 6.07) is 7.52. The summed E-state index contributed by atoms with van der Waals surface area (Å²) in [5.41, 5.74) is 7.97. The van der Waals surface area contributed by atoms with Gasteiger partial charge in [-0.15, -0.1) is 0 Å². The second-order valence-electron chi connectivity index (χ2n) is 3.14. The Morgan fingerprint density at radius 3 is 2.83 bits per heavy atom. The Balaban J connectivity index is 2.48. The van der Waals surface area contributed by atoms with E-state index in [2.05, 4.69) is 0 Å². The summed E-state index contributed by atoms with van der Waals surface area (Å²) in [6.07, 6.45) is 1.45. The van der Waals surface area contributed by atoms with Crippen LogP contribution in [0.15, 0.2) is 24.3 Å². The Bertz CT molecular complexity index is 319. The van der Waals surface area contributed by atoms with Gasteiger partial charge in [0.15, 0.2) is 5.78 Å². The lowest BCUT2D eigenvalue weighted by Crippen LogP contribution is -2.26. The average molecular weight is 161 g/mol. The highest BCUT2D eigenvalue weighted by Gasteiger charge is 2.22. The van der Waals surface area contributed by atoms with Gasteiger partial charge >= 0.3 is 0 Å². The van der Waals surface area contributed by atoms with Gasteiger partial charge in [-0.3, -0.25) is 4.79 Å². The highest BCUT2D eigenvalue weighted by Crippen LogP contribution is 2.24. The molecule has 62 valence electrons. The van der Waals surface area contributed by atoms with E-state index < -0.39 is 0 Å². The van der Waals surface area contributed by atoms with E-state index in [1.807, 2.05) is 24.3 Å². The van der Waals surface area contributed by atoms with Crippen molar-refractivity contribution in [2.45, 2.75) is 18.9 Å². The molecule has 2 rings (SSSR count). The van der Waals surface area contributed by atoms with Crippen molar-refractivity contribution < 1.29 is 4.79 Å². The first-order chi connectivity index (χ1) is 5.79. The molecule has 0 aromatic heterocycles. The molecule has 0 fully saturated rings. The molecule has 0 amide bonds. The minimum atomic E-state index is -0.380. The van der Waals surface area contributed by atoms with Crippen molar-refractivity contribution >= 4 is 5.78 Å². The maximum atomic E-state index is 11.2. The van der Waals surface area contributed by atoms with Crippen molar-refractivity contribution in [1.29, 1.82) is 0 Å². The van der Waals surface area contributed by atoms with Crippen LogP contribution in [0.4, 0.5) is 0 Å². The number of hydrogen-bond donors (Lipinski definition) is 1. The number of ketones is 1. The highest BCUT2D eigenvalue weighted by atomic mass is 16.1. The van der Waals surface area contributed by atoms with Gasteiger partial charge in [0.2, 0.25) is 0 Å². The molecule has 0 aliphatic heterocycles. The van der Waals surface area contributed by atoms with Crippen LogP contribution in [-0.2, 0) is 11.2 Å². The molecule has 1 aromatic carbocycles. The Labute approximate surface area is 71.4 Å². The molecule has 1 aliphatic rings.